The Morgan fingerprint density at radius 2 is 1.85 bits per heavy atom. The minimum Gasteiger partial charge on any atom is -0.371 e. The fraction of sp³-hybridized carbons (Fsp3) is 0.889. The Labute approximate surface area is 156 Å². The zero-order valence-corrected chi connectivity index (χ0v) is 17.1. The summed E-state index contributed by atoms with van der Waals surface area (Å²) >= 11 is 0. The highest BCUT2D eigenvalue weighted by molar-refractivity contribution is 7.92. The topological polar surface area (TPSA) is 92.8 Å². The lowest BCUT2D eigenvalue weighted by molar-refractivity contribution is -0.139. The van der Waals surface area contributed by atoms with Crippen molar-refractivity contribution >= 4 is 21.7 Å². The van der Waals surface area contributed by atoms with Crippen LogP contribution in [0.2, 0.25) is 0 Å². The summed E-state index contributed by atoms with van der Waals surface area (Å²) in [7, 11) is -1.82. The van der Waals surface area contributed by atoms with E-state index in [9.17, 15) is 18.0 Å². The molecular weight excluding hydrogens is 356 g/mol. The van der Waals surface area contributed by atoms with Crippen LogP contribution in [-0.2, 0) is 24.2 Å². The highest BCUT2D eigenvalue weighted by Crippen LogP contribution is 2.32. The smallest absolute Gasteiger partial charge is 0.249 e. The number of rotatable bonds is 7. The molecule has 0 aromatic heterocycles. The second kappa shape index (κ2) is 8.25. The number of methoxy groups -OCH3 is 1. The third-order valence-corrected chi connectivity index (χ3v) is 7.66. The van der Waals surface area contributed by atoms with Gasteiger partial charge in [-0.05, 0) is 44.9 Å². The first-order valence-corrected chi connectivity index (χ1v) is 11.4. The van der Waals surface area contributed by atoms with Crippen molar-refractivity contribution in [2.45, 2.75) is 69.3 Å². The van der Waals surface area contributed by atoms with Crippen LogP contribution in [0.4, 0.5) is 0 Å². The first-order valence-electron chi connectivity index (χ1n) is 9.46. The Kier molecular flexibility index (Phi) is 6.71. The predicted octanol–water partition coefficient (Wildman–Crippen LogP) is 1.12. The molecule has 8 heteroatoms. The second-order valence-electron chi connectivity index (χ2n) is 7.77. The Morgan fingerprint density at radius 1 is 1.27 bits per heavy atom. The molecule has 150 valence electrons. The van der Waals surface area contributed by atoms with Gasteiger partial charge in [0.25, 0.3) is 0 Å². The summed E-state index contributed by atoms with van der Waals surface area (Å²) in [5.74, 6) is -0.123. The SMILES string of the molecule is CCC1(NC(=O)C(OC)C2CCC2)CCN(C(=O)C(C)S(C)(=O)=O)CC1. The summed E-state index contributed by atoms with van der Waals surface area (Å²) in [5, 5.41) is 2.16. The largest absolute Gasteiger partial charge is 0.371 e. The van der Waals surface area contributed by atoms with E-state index in [4.69, 9.17) is 4.74 Å². The van der Waals surface area contributed by atoms with Crippen LogP contribution >= 0.6 is 0 Å². The number of likely N-dealkylation sites (tertiary alicyclic amines) is 1. The minimum absolute atomic E-state index is 0.0664. The monoisotopic (exact) mass is 388 g/mol. The van der Waals surface area contributed by atoms with Gasteiger partial charge >= 0.3 is 0 Å². The summed E-state index contributed by atoms with van der Waals surface area (Å²) in [6, 6.07) is 0. The molecule has 1 aliphatic carbocycles. The summed E-state index contributed by atoms with van der Waals surface area (Å²) in [4.78, 5) is 26.7. The van der Waals surface area contributed by atoms with Gasteiger partial charge in [-0.2, -0.15) is 0 Å². The first kappa shape index (κ1) is 21.2. The van der Waals surface area contributed by atoms with Crippen molar-refractivity contribution in [1.29, 1.82) is 0 Å². The van der Waals surface area contributed by atoms with E-state index in [1.165, 1.54) is 6.92 Å². The van der Waals surface area contributed by atoms with Crippen molar-refractivity contribution in [3.63, 3.8) is 0 Å². The molecule has 1 heterocycles. The molecule has 2 rings (SSSR count). The third kappa shape index (κ3) is 4.57. The number of nitrogens with one attached hydrogen (secondary N) is 1. The van der Waals surface area contributed by atoms with E-state index in [-0.39, 0.29) is 17.4 Å². The van der Waals surface area contributed by atoms with Crippen LogP contribution in [0, 0.1) is 5.92 Å². The van der Waals surface area contributed by atoms with Crippen LogP contribution < -0.4 is 5.32 Å². The van der Waals surface area contributed by atoms with Crippen molar-refractivity contribution < 1.29 is 22.7 Å². The van der Waals surface area contributed by atoms with Crippen molar-refractivity contribution in [3.05, 3.63) is 0 Å². The lowest BCUT2D eigenvalue weighted by Gasteiger charge is -2.43. The number of carbonyl (C=O) groups excluding carboxylic acids is 2. The maximum atomic E-state index is 12.7. The van der Waals surface area contributed by atoms with Crippen molar-refractivity contribution in [1.82, 2.24) is 10.2 Å². The number of carbonyl (C=O) groups is 2. The zero-order valence-electron chi connectivity index (χ0n) is 16.3. The van der Waals surface area contributed by atoms with Crippen LogP contribution in [0.15, 0.2) is 0 Å². The van der Waals surface area contributed by atoms with Crippen molar-refractivity contribution in [3.8, 4) is 0 Å². The first-order chi connectivity index (χ1) is 12.1. The molecule has 1 N–H and O–H groups in total. The lowest BCUT2D eigenvalue weighted by Crippen LogP contribution is -2.59. The Hall–Kier alpha value is -1.15. The number of piperidine rings is 1. The van der Waals surface area contributed by atoms with Gasteiger partial charge in [0.1, 0.15) is 11.4 Å². The molecule has 2 aliphatic rings. The van der Waals surface area contributed by atoms with E-state index >= 15 is 0 Å². The van der Waals surface area contributed by atoms with E-state index in [0.717, 1.165) is 31.9 Å². The van der Waals surface area contributed by atoms with Crippen molar-refractivity contribution in [2.24, 2.45) is 5.92 Å². The molecule has 0 bridgehead atoms. The van der Waals surface area contributed by atoms with E-state index in [0.29, 0.717) is 31.8 Å². The number of hydrogen-bond donors (Lipinski definition) is 1. The van der Waals surface area contributed by atoms with Gasteiger partial charge < -0.3 is 15.0 Å². The molecule has 2 atom stereocenters. The normalized spacial score (nSPS) is 23.0. The maximum Gasteiger partial charge on any atom is 0.249 e. The summed E-state index contributed by atoms with van der Waals surface area (Å²) in [6.45, 7) is 4.37. The van der Waals surface area contributed by atoms with Gasteiger partial charge in [-0.1, -0.05) is 13.3 Å². The Balaban J connectivity index is 1.97. The molecule has 0 aromatic rings. The highest BCUT2D eigenvalue weighted by Gasteiger charge is 2.41. The summed E-state index contributed by atoms with van der Waals surface area (Å²) in [6.07, 6.45) is 5.89. The van der Waals surface area contributed by atoms with E-state index < -0.39 is 21.2 Å². The number of hydrogen-bond acceptors (Lipinski definition) is 5. The highest BCUT2D eigenvalue weighted by atomic mass is 32.2. The molecule has 0 spiro atoms. The van der Waals surface area contributed by atoms with E-state index in [1.807, 2.05) is 6.92 Å². The molecule has 2 unspecified atom stereocenters. The van der Waals surface area contributed by atoms with Gasteiger partial charge in [0.05, 0.1) is 0 Å². The van der Waals surface area contributed by atoms with Crippen LogP contribution in [-0.4, -0.2) is 68.5 Å². The van der Waals surface area contributed by atoms with Crippen molar-refractivity contribution in [2.75, 3.05) is 26.5 Å². The quantitative estimate of drug-likeness (QED) is 0.706. The molecule has 2 amide bonds. The van der Waals surface area contributed by atoms with Crippen LogP contribution in [0.25, 0.3) is 0 Å². The standard InChI is InChI=1S/C18H32N2O5S/c1-5-18(19-16(21)15(25-3)14-7-6-8-14)9-11-20(12-10-18)17(22)13(2)26(4,23)24/h13-15H,5-12H2,1-4H3,(H,19,21). The molecule has 1 saturated heterocycles. The number of ether oxygens (including phenoxy) is 1. The lowest BCUT2D eigenvalue weighted by atomic mass is 9.79. The second-order valence-corrected chi connectivity index (χ2v) is 10.1. The fourth-order valence-corrected chi connectivity index (χ4v) is 4.27. The predicted molar refractivity (Wildman–Crippen MR) is 99.4 cm³/mol. The van der Waals surface area contributed by atoms with Crippen LogP contribution in [0.5, 0.6) is 0 Å². The van der Waals surface area contributed by atoms with E-state index in [2.05, 4.69) is 5.32 Å². The van der Waals surface area contributed by atoms with Gasteiger partial charge in [-0.25, -0.2) is 8.42 Å². The van der Waals surface area contributed by atoms with Crippen LogP contribution in [0.3, 0.4) is 0 Å². The number of amides is 2. The number of nitrogens with zero attached hydrogens (tertiary/aromatic N) is 1. The maximum absolute atomic E-state index is 12.7. The average molecular weight is 389 g/mol. The fourth-order valence-electron chi connectivity index (χ4n) is 3.75. The molecule has 26 heavy (non-hydrogen) atoms. The molecule has 1 saturated carbocycles. The Bertz CT molecular complexity index is 621. The van der Waals surface area contributed by atoms with Gasteiger partial charge in [-0.15, -0.1) is 0 Å². The Morgan fingerprint density at radius 3 is 2.23 bits per heavy atom. The summed E-state index contributed by atoms with van der Waals surface area (Å²) in [5.41, 5.74) is -0.358. The average Bonchev–Trinajstić information content (AvgIpc) is 2.56. The third-order valence-electron chi connectivity index (χ3n) is 6.18. The minimum atomic E-state index is -3.40. The molecule has 2 fully saturated rings. The molecule has 7 nitrogen and oxygen atoms in total. The molecule has 0 aromatic carbocycles. The molecular formula is C18H32N2O5S. The zero-order chi connectivity index (χ0) is 19.5. The molecule has 1 aliphatic heterocycles. The van der Waals surface area contributed by atoms with E-state index in [1.54, 1.807) is 12.0 Å². The number of sulfone groups is 1. The van der Waals surface area contributed by atoms with Gasteiger partial charge in [-0.3, -0.25) is 9.59 Å². The van der Waals surface area contributed by atoms with Gasteiger partial charge in [0, 0.05) is 32.0 Å². The molecule has 0 radical (unpaired) electrons. The van der Waals surface area contributed by atoms with Gasteiger partial charge in [0.15, 0.2) is 9.84 Å². The van der Waals surface area contributed by atoms with Gasteiger partial charge in [0.2, 0.25) is 11.8 Å². The van der Waals surface area contributed by atoms with Crippen LogP contribution in [0.1, 0.15) is 52.4 Å². The summed E-state index contributed by atoms with van der Waals surface area (Å²) < 4.78 is 28.7.